The van der Waals surface area contributed by atoms with Crippen molar-refractivity contribution in [1.29, 1.82) is 0 Å². The van der Waals surface area contributed by atoms with Crippen molar-refractivity contribution in [3.8, 4) is 0 Å². The number of hydrogen-bond donors (Lipinski definition) is 2. The van der Waals surface area contributed by atoms with Gasteiger partial charge in [-0.2, -0.15) is 0 Å². The molecule has 0 saturated carbocycles. The molecule has 1 aromatic carbocycles. The van der Waals surface area contributed by atoms with E-state index in [9.17, 15) is 14.7 Å². The van der Waals surface area contributed by atoms with E-state index >= 15 is 0 Å². The van der Waals surface area contributed by atoms with Gasteiger partial charge in [-0.3, -0.25) is 19.9 Å². The number of hydrogen-bond acceptors (Lipinski definition) is 6. The third-order valence-electron chi connectivity index (χ3n) is 6.90. The molecule has 6 atom stereocenters. The first-order valence-corrected chi connectivity index (χ1v) is 10.8. The number of aliphatic hydroxyl groups is 1. The first-order chi connectivity index (χ1) is 14.9. The van der Waals surface area contributed by atoms with Crippen LogP contribution in [0, 0.1) is 5.92 Å². The number of amides is 3. The number of nitrogens with zero attached hydrogens (tertiary/aromatic N) is 3. The molecule has 31 heavy (non-hydrogen) atoms. The molecule has 8 nitrogen and oxygen atoms in total. The van der Waals surface area contributed by atoms with Crippen LogP contribution in [0.2, 0.25) is 5.22 Å². The molecule has 0 spiro atoms. The minimum atomic E-state index is -0.438. The van der Waals surface area contributed by atoms with Gasteiger partial charge in [0.15, 0.2) is 5.22 Å². The van der Waals surface area contributed by atoms with Crippen molar-refractivity contribution in [2.75, 3.05) is 27.2 Å². The SMILES string of the molecule is CN1C(=O)C2C(C3[C@H](c4ccc(Cl)o4)N[C@@H](CO)CN3C2c2ccccc2)N(C)C1=O. The fraction of sp³-hybridized carbons (Fsp3) is 0.455. The van der Waals surface area contributed by atoms with Gasteiger partial charge in [0.1, 0.15) is 5.76 Å². The number of nitrogens with one attached hydrogen (secondary N) is 1. The fourth-order valence-corrected chi connectivity index (χ4v) is 5.76. The quantitative estimate of drug-likeness (QED) is 0.751. The van der Waals surface area contributed by atoms with Gasteiger partial charge in [0.2, 0.25) is 5.91 Å². The van der Waals surface area contributed by atoms with Crippen molar-refractivity contribution in [2.24, 2.45) is 5.92 Å². The van der Waals surface area contributed by atoms with Crippen LogP contribution in [0.4, 0.5) is 4.79 Å². The molecular weight excluding hydrogens is 420 g/mol. The van der Waals surface area contributed by atoms with Crippen molar-refractivity contribution in [1.82, 2.24) is 20.0 Å². The van der Waals surface area contributed by atoms with E-state index in [0.29, 0.717) is 12.3 Å². The average molecular weight is 445 g/mol. The van der Waals surface area contributed by atoms with Gasteiger partial charge in [-0.1, -0.05) is 30.3 Å². The Labute approximate surface area is 185 Å². The molecule has 0 radical (unpaired) electrons. The van der Waals surface area contributed by atoms with Gasteiger partial charge in [-0.25, -0.2) is 4.79 Å². The lowest BCUT2D eigenvalue weighted by atomic mass is 9.84. The van der Waals surface area contributed by atoms with Crippen LogP contribution in [0.1, 0.15) is 23.4 Å². The zero-order valence-corrected chi connectivity index (χ0v) is 18.1. The Bertz CT molecular complexity index is 998. The minimum absolute atomic E-state index is 0.0619. The molecule has 3 aliphatic heterocycles. The molecule has 5 rings (SSSR count). The maximum absolute atomic E-state index is 13.4. The van der Waals surface area contributed by atoms with Gasteiger partial charge in [-0.05, 0) is 29.3 Å². The van der Waals surface area contributed by atoms with Crippen LogP contribution in [0.15, 0.2) is 46.9 Å². The van der Waals surface area contributed by atoms with Crippen molar-refractivity contribution in [2.45, 2.75) is 30.2 Å². The summed E-state index contributed by atoms with van der Waals surface area (Å²) in [4.78, 5) is 31.4. The molecule has 3 amide bonds. The average Bonchev–Trinajstić information content (AvgIpc) is 3.37. The largest absolute Gasteiger partial charge is 0.448 e. The van der Waals surface area contributed by atoms with Crippen LogP contribution in [0.3, 0.4) is 0 Å². The standard InChI is InChI=1S/C22H25ClN4O4/c1-25-19-16(21(29)26(2)22(25)30)18(12-6-4-3-5-7-12)27-10-13(11-28)24-17(20(19)27)14-8-9-15(23)31-14/h3-9,13,16-20,24,28H,10-11H2,1-2H3/t13-,16?,17+,18?,19?,20?/m1/s1. The molecule has 9 heteroatoms. The van der Waals surface area contributed by atoms with E-state index in [1.165, 1.54) is 11.9 Å². The summed E-state index contributed by atoms with van der Waals surface area (Å²) < 4.78 is 5.75. The highest BCUT2D eigenvalue weighted by Gasteiger charge is 2.62. The predicted octanol–water partition coefficient (Wildman–Crippen LogP) is 1.87. The van der Waals surface area contributed by atoms with E-state index in [0.717, 1.165) is 5.56 Å². The number of carbonyl (C=O) groups is 2. The molecule has 2 N–H and O–H groups in total. The number of benzene rings is 1. The fourth-order valence-electron chi connectivity index (χ4n) is 5.61. The number of urea groups is 1. The van der Waals surface area contributed by atoms with Crippen molar-refractivity contribution < 1.29 is 19.1 Å². The Balaban J connectivity index is 1.67. The van der Waals surface area contributed by atoms with Crippen LogP contribution in [-0.2, 0) is 4.79 Å². The number of halogens is 1. The summed E-state index contributed by atoms with van der Waals surface area (Å²) in [5.41, 5.74) is 1.01. The van der Waals surface area contributed by atoms with Crippen LogP contribution >= 0.6 is 11.6 Å². The highest BCUT2D eigenvalue weighted by atomic mass is 35.5. The second kappa shape index (κ2) is 7.63. The number of imide groups is 1. The monoisotopic (exact) mass is 444 g/mol. The van der Waals surface area contributed by atoms with Crippen molar-refractivity contribution in [3.05, 3.63) is 59.0 Å². The van der Waals surface area contributed by atoms with E-state index in [2.05, 4.69) is 10.2 Å². The normalized spacial score (nSPS) is 33.5. The minimum Gasteiger partial charge on any atom is -0.448 e. The van der Waals surface area contributed by atoms with E-state index < -0.39 is 5.92 Å². The summed E-state index contributed by atoms with van der Waals surface area (Å²) in [6.07, 6.45) is 0. The lowest BCUT2D eigenvalue weighted by molar-refractivity contribution is -0.137. The van der Waals surface area contributed by atoms with Crippen LogP contribution in [0.25, 0.3) is 0 Å². The summed E-state index contributed by atoms with van der Waals surface area (Å²) in [6, 6.07) is 11.7. The topological polar surface area (TPSA) is 89.3 Å². The lowest BCUT2D eigenvalue weighted by Crippen LogP contribution is -2.65. The van der Waals surface area contributed by atoms with E-state index in [4.69, 9.17) is 16.0 Å². The second-order valence-corrected chi connectivity index (χ2v) is 8.89. The molecule has 164 valence electrons. The number of likely N-dealkylation sites (N-methyl/N-ethyl adjacent to an activating group) is 1. The number of rotatable bonds is 3. The number of aliphatic hydroxyl groups excluding tert-OH is 1. The number of fused-ring (bicyclic) bond motifs is 3. The number of piperazine rings is 1. The summed E-state index contributed by atoms with van der Waals surface area (Å²) in [5, 5.41) is 13.7. The summed E-state index contributed by atoms with van der Waals surface area (Å²) >= 11 is 6.07. The smallest absolute Gasteiger partial charge is 0.326 e. The third kappa shape index (κ3) is 3.09. The second-order valence-electron chi connectivity index (χ2n) is 8.52. The molecule has 0 bridgehead atoms. The summed E-state index contributed by atoms with van der Waals surface area (Å²) in [5.74, 6) is -0.00163. The van der Waals surface area contributed by atoms with Gasteiger partial charge in [0, 0.05) is 32.7 Å². The molecule has 4 heterocycles. The molecule has 3 saturated heterocycles. The lowest BCUT2D eigenvalue weighted by Gasteiger charge is -2.46. The van der Waals surface area contributed by atoms with Gasteiger partial charge in [-0.15, -0.1) is 0 Å². The van der Waals surface area contributed by atoms with Crippen LogP contribution in [-0.4, -0.2) is 77.1 Å². The Morgan fingerprint density at radius 2 is 1.87 bits per heavy atom. The van der Waals surface area contributed by atoms with Crippen LogP contribution < -0.4 is 5.32 Å². The Morgan fingerprint density at radius 1 is 1.13 bits per heavy atom. The zero-order valence-electron chi connectivity index (χ0n) is 17.3. The van der Waals surface area contributed by atoms with Gasteiger partial charge < -0.3 is 14.4 Å². The van der Waals surface area contributed by atoms with Gasteiger partial charge in [0.05, 0.1) is 30.7 Å². The number of furan rings is 1. The number of carbonyl (C=O) groups excluding carboxylic acids is 2. The van der Waals surface area contributed by atoms with Crippen molar-refractivity contribution in [3.63, 3.8) is 0 Å². The highest BCUT2D eigenvalue weighted by molar-refractivity contribution is 6.28. The Hall–Kier alpha value is -2.39. The molecule has 1 aromatic heterocycles. The van der Waals surface area contributed by atoms with Gasteiger partial charge in [0.25, 0.3) is 0 Å². The Morgan fingerprint density at radius 3 is 2.52 bits per heavy atom. The highest BCUT2D eigenvalue weighted by Crippen LogP contribution is 2.50. The molecule has 2 aromatic rings. The Kier molecular flexibility index (Phi) is 5.05. The molecule has 4 unspecified atom stereocenters. The van der Waals surface area contributed by atoms with Crippen LogP contribution in [0.5, 0.6) is 0 Å². The molecular formula is C22H25ClN4O4. The van der Waals surface area contributed by atoms with Crippen molar-refractivity contribution >= 4 is 23.5 Å². The summed E-state index contributed by atoms with van der Waals surface area (Å²) in [7, 11) is 3.29. The van der Waals surface area contributed by atoms with Gasteiger partial charge >= 0.3 is 6.03 Å². The molecule has 3 aliphatic rings. The first kappa shape index (κ1) is 20.5. The maximum atomic E-state index is 13.4. The molecule has 3 fully saturated rings. The first-order valence-electron chi connectivity index (χ1n) is 10.4. The molecule has 0 aliphatic carbocycles. The van der Waals surface area contributed by atoms with E-state index in [1.807, 2.05) is 30.3 Å². The maximum Gasteiger partial charge on any atom is 0.326 e. The van der Waals surface area contributed by atoms with E-state index in [1.54, 1.807) is 24.1 Å². The van der Waals surface area contributed by atoms with E-state index in [-0.39, 0.29) is 54.0 Å². The summed E-state index contributed by atoms with van der Waals surface area (Å²) in [6.45, 7) is 0.477. The predicted molar refractivity (Wildman–Crippen MR) is 113 cm³/mol. The zero-order chi connectivity index (χ0) is 21.9. The third-order valence-corrected chi connectivity index (χ3v) is 7.10.